The Morgan fingerprint density at radius 1 is 0.909 bits per heavy atom. The number of carbonyl (C=O) groups is 5. The van der Waals surface area contributed by atoms with Crippen LogP contribution in [0.15, 0.2) is 0 Å². The van der Waals surface area contributed by atoms with Crippen LogP contribution in [0.3, 0.4) is 0 Å². The smallest absolute Gasteiger partial charge is 0.303 e. The first kappa shape index (κ1) is 28.3. The van der Waals surface area contributed by atoms with Crippen LogP contribution >= 0.6 is 0 Å². The number of rotatable bonds is 12. The maximum Gasteiger partial charge on any atom is 0.303 e. The molecule has 1 heterocycles. The molecule has 12 heteroatoms. The van der Waals surface area contributed by atoms with Gasteiger partial charge in [-0.25, -0.2) is 0 Å². The minimum absolute atomic E-state index is 0.0889. The van der Waals surface area contributed by atoms with E-state index in [1.165, 1.54) is 13.8 Å². The van der Waals surface area contributed by atoms with E-state index in [1.54, 1.807) is 0 Å². The quantitative estimate of drug-likeness (QED) is 0.224. The second kappa shape index (κ2) is 14.4. The lowest BCUT2D eigenvalue weighted by atomic mass is 9.96. The van der Waals surface area contributed by atoms with Crippen molar-refractivity contribution in [3.05, 3.63) is 0 Å². The second-order valence-electron chi connectivity index (χ2n) is 7.54. The Bertz CT molecular complexity index is 699. The molecule has 0 spiro atoms. The van der Waals surface area contributed by atoms with Crippen molar-refractivity contribution in [2.24, 2.45) is 0 Å². The van der Waals surface area contributed by atoms with Crippen molar-refractivity contribution in [3.63, 3.8) is 0 Å². The SMILES string of the molecule is CCCNC(=O)CCCO[C@@H]1O[C@H](COC(C)=O)[C@@H](OC(C)=O)[C@H](OC(C)=O)[C@H]1NC(C)=O. The highest BCUT2D eigenvalue weighted by atomic mass is 16.7. The topological polar surface area (TPSA) is 156 Å². The molecule has 0 bridgehead atoms. The van der Waals surface area contributed by atoms with Crippen LogP contribution in [0, 0.1) is 0 Å². The first-order chi connectivity index (χ1) is 15.5. The molecular formula is C21H34N2O10. The molecule has 0 aromatic rings. The van der Waals surface area contributed by atoms with E-state index in [9.17, 15) is 24.0 Å². The molecule has 0 saturated carbocycles. The molecule has 1 aliphatic rings. The summed E-state index contributed by atoms with van der Waals surface area (Å²) >= 11 is 0. The van der Waals surface area contributed by atoms with E-state index in [1.807, 2.05) is 6.92 Å². The van der Waals surface area contributed by atoms with E-state index in [-0.39, 0.29) is 25.5 Å². The van der Waals surface area contributed by atoms with Gasteiger partial charge in [0, 0.05) is 40.7 Å². The van der Waals surface area contributed by atoms with Crippen molar-refractivity contribution in [2.45, 2.75) is 84.5 Å². The zero-order valence-electron chi connectivity index (χ0n) is 19.7. The molecule has 1 aliphatic heterocycles. The van der Waals surface area contributed by atoms with Gasteiger partial charge in [0.05, 0.1) is 6.61 Å². The van der Waals surface area contributed by atoms with Gasteiger partial charge in [-0.15, -0.1) is 0 Å². The summed E-state index contributed by atoms with van der Waals surface area (Å²) in [5.41, 5.74) is 0. The van der Waals surface area contributed by atoms with Gasteiger partial charge < -0.3 is 34.3 Å². The fraction of sp³-hybridized carbons (Fsp3) is 0.762. The number of hydrogen-bond acceptors (Lipinski definition) is 10. The van der Waals surface area contributed by atoms with Crippen molar-refractivity contribution in [1.29, 1.82) is 0 Å². The van der Waals surface area contributed by atoms with Crippen LogP contribution in [-0.2, 0) is 47.7 Å². The summed E-state index contributed by atoms with van der Waals surface area (Å²) in [7, 11) is 0. The molecule has 188 valence electrons. The van der Waals surface area contributed by atoms with Gasteiger partial charge in [-0.1, -0.05) is 6.92 Å². The molecule has 33 heavy (non-hydrogen) atoms. The summed E-state index contributed by atoms with van der Waals surface area (Å²) in [5, 5.41) is 5.36. The highest BCUT2D eigenvalue weighted by Gasteiger charge is 2.51. The minimum Gasteiger partial charge on any atom is -0.463 e. The molecule has 0 aliphatic carbocycles. The van der Waals surface area contributed by atoms with Crippen LogP contribution < -0.4 is 10.6 Å². The van der Waals surface area contributed by atoms with Gasteiger partial charge in [-0.05, 0) is 12.8 Å². The standard InChI is InChI=1S/C21H34N2O10/c1-6-9-22-17(28)8-7-10-29-21-18(23-12(2)24)20(32-15(5)27)19(31-14(4)26)16(33-21)11-30-13(3)25/h16,18-21H,6-11H2,1-5H3,(H,22,28)(H,23,24)/t16-,18-,19-,20-,21-/m1/s1. The number of hydrogen-bond donors (Lipinski definition) is 2. The van der Waals surface area contributed by atoms with Gasteiger partial charge in [0.2, 0.25) is 11.8 Å². The Morgan fingerprint density at radius 3 is 2.09 bits per heavy atom. The first-order valence-corrected chi connectivity index (χ1v) is 10.8. The molecule has 2 N–H and O–H groups in total. The average molecular weight is 475 g/mol. The third-order valence-electron chi connectivity index (χ3n) is 4.47. The van der Waals surface area contributed by atoms with Gasteiger partial charge in [0.1, 0.15) is 18.8 Å². The predicted molar refractivity (Wildman–Crippen MR) is 112 cm³/mol. The van der Waals surface area contributed by atoms with E-state index >= 15 is 0 Å². The van der Waals surface area contributed by atoms with Crippen LogP contribution in [-0.4, -0.2) is 80.1 Å². The Balaban J connectivity index is 3.05. The van der Waals surface area contributed by atoms with Crippen molar-refractivity contribution in [1.82, 2.24) is 10.6 Å². The Labute approximate surface area is 193 Å². The lowest BCUT2D eigenvalue weighted by molar-refractivity contribution is -0.277. The molecular weight excluding hydrogens is 440 g/mol. The van der Waals surface area contributed by atoms with Gasteiger partial charge >= 0.3 is 17.9 Å². The van der Waals surface area contributed by atoms with E-state index in [4.69, 9.17) is 23.7 Å². The fourth-order valence-corrected chi connectivity index (χ4v) is 3.22. The number of nitrogens with one attached hydrogen (secondary N) is 2. The summed E-state index contributed by atoms with van der Waals surface area (Å²) in [5.74, 6) is -2.56. The van der Waals surface area contributed by atoms with Crippen molar-refractivity contribution in [2.75, 3.05) is 19.8 Å². The molecule has 1 saturated heterocycles. The lowest BCUT2D eigenvalue weighted by Crippen LogP contribution is -2.66. The summed E-state index contributed by atoms with van der Waals surface area (Å²) < 4.78 is 27.3. The van der Waals surface area contributed by atoms with Gasteiger partial charge in [0.15, 0.2) is 18.5 Å². The second-order valence-corrected chi connectivity index (χ2v) is 7.54. The summed E-state index contributed by atoms with van der Waals surface area (Å²) in [6.07, 6.45) is -3.12. The Morgan fingerprint density at radius 2 is 1.55 bits per heavy atom. The Kier molecular flexibility index (Phi) is 12.4. The monoisotopic (exact) mass is 474 g/mol. The predicted octanol–water partition coefficient (Wildman–Crippen LogP) is -0.0345. The molecule has 0 radical (unpaired) electrons. The van der Waals surface area contributed by atoms with Crippen molar-refractivity contribution < 1.29 is 47.7 Å². The van der Waals surface area contributed by atoms with Crippen LogP contribution in [0.4, 0.5) is 0 Å². The van der Waals surface area contributed by atoms with E-state index in [2.05, 4.69) is 10.6 Å². The fourth-order valence-electron chi connectivity index (χ4n) is 3.22. The van der Waals surface area contributed by atoms with Crippen LogP contribution in [0.5, 0.6) is 0 Å². The van der Waals surface area contributed by atoms with E-state index in [0.29, 0.717) is 13.0 Å². The van der Waals surface area contributed by atoms with Crippen molar-refractivity contribution >= 4 is 29.7 Å². The molecule has 2 amide bonds. The van der Waals surface area contributed by atoms with Gasteiger partial charge in [-0.3, -0.25) is 24.0 Å². The summed E-state index contributed by atoms with van der Waals surface area (Å²) in [6.45, 7) is 7.08. The molecule has 0 unspecified atom stereocenters. The largest absolute Gasteiger partial charge is 0.463 e. The zero-order valence-corrected chi connectivity index (χ0v) is 19.7. The molecule has 0 aromatic carbocycles. The number of esters is 3. The number of amides is 2. The zero-order chi connectivity index (χ0) is 25.0. The maximum atomic E-state index is 11.8. The molecule has 5 atom stereocenters. The third-order valence-corrected chi connectivity index (χ3v) is 4.47. The van der Waals surface area contributed by atoms with Crippen molar-refractivity contribution in [3.8, 4) is 0 Å². The Hall–Kier alpha value is -2.73. The lowest BCUT2D eigenvalue weighted by Gasteiger charge is -2.44. The van der Waals surface area contributed by atoms with Gasteiger partial charge in [0.25, 0.3) is 0 Å². The van der Waals surface area contributed by atoms with E-state index in [0.717, 1.165) is 20.3 Å². The average Bonchev–Trinajstić information content (AvgIpc) is 2.71. The molecule has 1 rings (SSSR count). The maximum absolute atomic E-state index is 11.8. The highest BCUT2D eigenvalue weighted by Crippen LogP contribution is 2.28. The van der Waals surface area contributed by atoms with Crippen LogP contribution in [0.2, 0.25) is 0 Å². The third kappa shape index (κ3) is 10.6. The minimum atomic E-state index is -1.18. The van der Waals surface area contributed by atoms with Crippen LogP contribution in [0.25, 0.3) is 0 Å². The number of ether oxygens (including phenoxy) is 5. The summed E-state index contributed by atoms with van der Waals surface area (Å²) in [6, 6.07) is -1.03. The summed E-state index contributed by atoms with van der Waals surface area (Å²) in [4.78, 5) is 58.4. The molecule has 1 fully saturated rings. The number of carbonyl (C=O) groups excluding carboxylic acids is 5. The highest BCUT2D eigenvalue weighted by molar-refractivity contribution is 5.75. The van der Waals surface area contributed by atoms with E-state index < -0.39 is 54.5 Å². The van der Waals surface area contributed by atoms with Crippen LogP contribution in [0.1, 0.15) is 53.9 Å². The molecule has 0 aromatic heterocycles. The molecule has 12 nitrogen and oxygen atoms in total. The van der Waals surface area contributed by atoms with Gasteiger partial charge in [-0.2, -0.15) is 0 Å². The normalized spacial score (nSPS) is 24.3. The first-order valence-electron chi connectivity index (χ1n) is 10.8.